The van der Waals surface area contributed by atoms with Gasteiger partial charge in [-0.2, -0.15) is 0 Å². The maximum Gasteiger partial charge on any atom is 0.343 e. The number of carbonyl (C=O) groups is 2. The highest BCUT2D eigenvalue weighted by Gasteiger charge is 2.11. The summed E-state index contributed by atoms with van der Waals surface area (Å²) < 4.78 is 15.8. The number of benzene rings is 3. The Morgan fingerprint density at radius 1 is 0.833 bits per heavy atom. The summed E-state index contributed by atoms with van der Waals surface area (Å²) in [6, 6.07) is 18.3. The van der Waals surface area contributed by atoms with Gasteiger partial charge in [-0.3, -0.25) is 4.79 Å². The normalized spacial score (nSPS) is 10.6. The summed E-state index contributed by atoms with van der Waals surface area (Å²) in [6.07, 6.45) is 3.12. The molecule has 0 aliphatic carbocycles. The highest BCUT2D eigenvalue weighted by Crippen LogP contribution is 2.25. The summed E-state index contributed by atoms with van der Waals surface area (Å²) in [5.41, 5.74) is 1.58. The zero-order valence-electron chi connectivity index (χ0n) is 16.4. The van der Waals surface area contributed by atoms with E-state index in [0.29, 0.717) is 33.4 Å². The van der Waals surface area contributed by atoms with E-state index in [1.165, 1.54) is 20.3 Å². The van der Waals surface area contributed by atoms with Gasteiger partial charge < -0.3 is 14.2 Å². The molecule has 0 saturated carbocycles. The SMILES string of the molecule is COc1ccc(OC)c(C(=O)/C=C/c2ccc(OC(=O)c3ccc(Cl)cc3)cc2)c1. The standard InChI is InChI=1S/C24H19ClO5/c1-28-20-12-14-23(29-2)21(15-20)22(26)13-5-16-3-10-19(11-4-16)30-24(27)17-6-8-18(25)9-7-17/h3-15H,1-2H3/b13-5+. The lowest BCUT2D eigenvalue weighted by molar-refractivity contribution is 0.0734. The summed E-state index contributed by atoms with van der Waals surface area (Å²) in [4.78, 5) is 24.7. The summed E-state index contributed by atoms with van der Waals surface area (Å²) in [7, 11) is 3.04. The lowest BCUT2D eigenvalue weighted by Gasteiger charge is -2.08. The Morgan fingerprint density at radius 3 is 2.13 bits per heavy atom. The molecule has 0 unspecified atom stereocenters. The van der Waals surface area contributed by atoms with Gasteiger partial charge in [-0.1, -0.05) is 29.8 Å². The van der Waals surface area contributed by atoms with Crippen LogP contribution >= 0.6 is 11.6 Å². The second-order valence-corrected chi connectivity index (χ2v) is 6.67. The Labute approximate surface area is 179 Å². The van der Waals surface area contributed by atoms with Crippen molar-refractivity contribution in [3.63, 3.8) is 0 Å². The van der Waals surface area contributed by atoms with Crippen LogP contribution in [0.25, 0.3) is 6.08 Å². The molecule has 0 bridgehead atoms. The number of hydrogen-bond donors (Lipinski definition) is 0. The molecule has 0 spiro atoms. The van der Waals surface area contributed by atoms with Crippen LogP contribution in [0.4, 0.5) is 0 Å². The van der Waals surface area contributed by atoms with Gasteiger partial charge in [0.25, 0.3) is 0 Å². The third-order valence-electron chi connectivity index (χ3n) is 4.27. The molecule has 0 atom stereocenters. The van der Waals surface area contributed by atoms with Crippen LogP contribution in [0.3, 0.4) is 0 Å². The van der Waals surface area contributed by atoms with Crippen LogP contribution < -0.4 is 14.2 Å². The lowest BCUT2D eigenvalue weighted by Crippen LogP contribution is -2.08. The number of ether oxygens (including phenoxy) is 3. The molecule has 5 nitrogen and oxygen atoms in total. The van der Waals surface area contributed by atoms with Crippen LogP contribution in [0.1, 0.15) is 26.3 Å². The minimum absolute atomic E-state index is 0.219. The Morgan fingerprint density at radius 2 is 1.50 bits per heavy atom. The van der Waals surface area contributed by atoms with E-state index in [1.54, 1.807) is 72.8 Å². The van der Waals surface area contributed by atoms with Crippen molar-refractivity contribution < 1.29 is 23.8 Å². The third kappa shape index (κ3) is 5.27. The number of halogens is 1. The molecular weight excluding hydrogens is 404 g/mol. The minimum atomic E-state index is -0.477. The number of carbonyl (C=O) groups excluding carboxylic acids is 2. The fourth-order valence-electron chi connectivity index (χ4n) is 2.67. The van der Waals surface area contributed by atoms with Gasteiger partial charge in [0.2, 0.25) is 0 Å². The lowest BCUT2D eigenvalue weighted by atomic mass is 10.1. The molecule has 3 aromatic carbocycles. The van der Waals surface area contributed by atoms with Gasteiger partial charge >= 0.3 is 5.97 Å². The minimum Gasteiger partial charge on any atom is -0.497 e. The molecular formula is C24H19ClO5. The Kier molecular flexibility index (Phi) is 6.88. The van der Waals surface area contributed by atoms with Gasteiger partial charge in [-0.15, -0.1) is 0 Å². The van der Waals surface area contributed by atoms with Crippen molar-refractivity contribution in [2.45, 2.75) is 0 Å². The average Bonchev–Trinajstić information content (AvgIpc) is 2.78. The van der Waals surface area contributed by atoms with Crippen molar-refractivity contribution >= 4 is 29.4 Å². The first-order valence-corrected chi connectivity index (χ1v) is 9.40. The van der Waals surface area contributed by atoms with Crippen LogP contribution in [-0.2, 0) is 0 Å². The maximum atomic E-state index is 12.6. The zero-order valence-corrected chi connectivity index (χ0v) is 17.2. The van der Waals surface area contributed by atoms with Crippen LogP contribution in [0.2, 0.25) is 5.02 Å². The molecule has 3 aromatic rings. The van der Waals surface area contributed by atoms with Gasteiger partial charge in [-0.25, -0.2) is 4.79 Å². The van der Waals surface area contributed by atoms with E-state index < -0.39 is 5.97 Å². The third-order valence-corrected chi connectivity index (χ3v) is 4.52. The van der Waals surface area contributed by atoms with Crippen LogP contribution in [0, 0.1) is 0 Å². The van der Waals surface area contributed by atoms with E-state index in [0.717, 1.165) is 5.56 Å². The molecule has 30 heavy (non-hydrogen) atoms. The first kappa shape index (κ1) is 21.1. The monoisotopic (exact) mass is 422 g/mol. The summed E-state index contributed by atoms with van der Waals surface area (Å²) in [6.45, 7) is 0. The molecule has 0 aromatic heterocycles. The molecule has 0 saturated heterocycles. The van der Waals surface area contributed by atoms with Crippen molar-refractivity contribution in [3.8, 4) is 17.2 Å². The van der Waals surface area contributed by atoms with Gasteiger partial charge in [0.05, 0.1) is 25.3 Å². The van der Waals surface area contributed by atoms with Gasteiger partial charge in [0.1, 0.15) is 17.2 Å². The Hall–Kier alpha value is -3.57. The van der Waals surface area contributed by atoms with E-state index in [2.05, 4.69) is 0 Å². The molecule has 6 heteroatoms. The summed E-state index contributed by atoms with van der Waals surface area (Å²) >= 11 is 5.82. The molecule has 0 N–H and O–H groups in total. The number of hydrogen-bond acceptors (Lipinski definition) is 5. The number of methoxy groups -OCH3 is 2. The van der Waals surface area contributed by atoms with E-state index in [1.807, 2.05) is 0 Å². The second-order valence-electron chi connectivity index (χ2n) is 6.23. The number of allylic oxidation sites excluding steroid dienone is 1. The average molecular weight is 423 g/mol. The van der Waals surface area contributed by atoms with E-state index in [-0.39, 0.29) is 5.78 Å². The summed E-state index contributed by atoms with van der Waals surface area (Å²) in [5.74, 6) is 0.737. The first-order valence-electron chi connectivity index (χ1n) is 9.02. The highest BCUT2D eigenvalue weighted by molar-refractivity contribution is 6.30. The molecule has 0 aliphatic heterocycles. The molecule has 0 heterocycles. The van der Waals surface area contributed by atoms with Crippen molar-refractivity contribution in [2.75, 3.05) is 14.2 Å². The summed E-state index contributed by atoms with van der Waals surface area (Å²) in [5, 5.41) is 0.545. The van der Waals surface area contributed by atoms with Gasteiger partial charge in [-0.05, 0) is 66.2 Å². The van der Waals surface area contributed by atoms with Crippen LogP contribution in [0.5, 0.6) is 17.2 Å². The molecule has 152 valence electrons. The van der Waals surface area contributed by atoms with Gasteiger partial charge in [0, 0.05) is 5.02 Å². The van der Waals surface area contributed by atoms with E-state index >= 15 is 0 Å². The largest absolute Gasteiger partial charge is 0.497 e. The van der Waals surface area contributed by atoms with Crippen molar-refractivity contribution in [1.29, 1.82) is 0 Å². The maximum absolute atomic E-state index is 12.6. The number of rotatable bonds is 7. The molecule has 0 fully saturated rings. The van der Waals surface area contributed by atoms with Gasteiger partial charge in [0.15, 0.2) is 5.78 Å². The highest BCUT2D eigenvalue weighted by atomic mass is 35.5. The molecule has 0 amide bonds. The predicted molar refractivity (Wildman–Crippen MR) is 116 cm³/mol. The fraction of sp³-hybridized carbons (Fsp3) is 0.0833. The van der Waals surface area contributed by atoms with Crippen molar-refractivity contribution in [1.82, 2.24) is 0 Å². The Bertz CT molecular complexity index is 1070. The van der Waals surface area contributed by atoms with E-state index in [4.69, 9.17) is 25.8 Å². The predicted octanol–water partition coefficient (Wildman–Crippen LogP) is 5.47. The van der Waals surface area contributed by atoms with Crippen LogP contribution in [0.15, 0.2) is 72.8 Å². The number of ketones is 1. The smallest absolute Gasteiger partial charge is 0.343 e. The number of esters is 1. The van der Waals surface area contributed by atoms with E-state index in [9.17, 15) is 9.59 Å². The van der Waals surface area contributed by atoms with Crippen molar-refractivity contribution in [2.24, 2.45) is 0 Å². The topological polar surface area (TPSA) is 61.8 Å². The Balaban J connectivity index is 1.68. The first-order chi connectivity index (χ1) is 14.5. The fourth-order valence-corrected chi connectivity index (χ4v) is 2.79. The molecule has 3 rings (SSSR count). The molecule has 0 radical (unpaired) electrons. The zero-order chi connectivity index (χ0) is 21.5. The quantitative estimate of drug-likeness (QED) is 0.218. The second kappa shape index (κ2) is 9.76. The van der Waals surface area contributed by atoms with Crippen molar-refractivity contribution in [3.05, 3.63) is 94.5 Å². The molecule has 0 aliphatic rings. The van der Waals surface area contributed by atoms with Crippen LogP contribution in [-0.4, -0.2) is 26.0 Å².